The van der Waals surface area contributed by atoms with Gasteiger partial charge in [-0.25, -0.2) is 0 Å². The lowest BCUT2D eigenvalue weighted by Gasteiger charge is -2.01. The minimum atomic E-state index is -0.203. The van der Waals surface area contributed by atoms with Gasteiger partial charge in [-0.3, -0.25) is 9.48 Å². The molecule has 1 amide bonds. The molecule has 9 nitrogen and oxygen atoms in total. The van der Waals surface area contributed by atoms with E-state index in [2.05, 4.69) is 20.6 Å². The number of carbonyl (C=O) groups excluding carboxylic acids is 1. The first-order valence-corrected chi connectivity index (χ1v) is 9.71. The summed E-state index contributed by atoms with van der Waals surface area (Å²) in [5.74, 6) is 1.20. The summed E-state index contributed by atoms with van der Waals surface area (Å²) < 4.78 is 12.5. The zero-order valence-electron chi connectivity index (χ0n) is 16.6. The molecule has 154 valence electrons. The lowest BCUT2D eigenvalue weighted by Crippen LogP contribution is -2.23. The average Bonchev–Trinajstić information content (AvgIpc) is 3.52. The van der Waals surface area contributed by atoms with Crippen molar-refractivity contribution in [2.75, 3.05) is 0 Å². The van der Waals surface area contributed by atoms with Gasteiger partial charge < -0.3 is 14.4 Å². The maximum absolute atomic E-state index is 12.2. The van der Waals surface area contributed by atoms with Gasteiger partial charge in [0.2, 0.25) is 0 Å². The number of nitrogens with zero attached hydrogens (tertiary/aromatic N) is 5. The van der Waals surface area contributed by atoms with Crippen LogP contribution in [0.25, 0.3) is 22.5 Å². The van der Waals surface area contributed by atoms with E-state index in [4.69, 9.17) is 14.1 Å². The van der Waals surface area contributed by atoms with Crippen molar-refractivity contribution in [1.82, 2.24) is 30.4 Å². The van der Waals surface area contributed by atoms with E-state index in [1.54, 1.807) is 18.3 Å². The second kappa shape index (κ2) is 7.86. The molecule has 3 heterocycles. The van der Waals surface area contributed by atoms with E-state index < -0.39 is 0 Å². The van der Waals surface area contributed by atoms with Crippen molar-refractivity contribution in [1.29, 1.82) is 0 Å². The first-order valence-electron chi connectivity index (χ1n) is 9.71. The SMILES string of the molecule is Cc1oncc1Cn1nc(-c2nc(CNC(=O)c3ccccc3)no2)c2ccccc21. The molecule has 0 aliphatic carbocycles. The Morgan fingerprint density at radius 2 is 1.87 bits per heavy atom. The quantitative estimate of drug-likeness (QED) is 0.453. The lowest BCUT2D eigenvalue weighted by atomic mass is 10.2. The lowest BCUT2D eigenvalue weighted by molar-refractivity contribution is 0.0949. The number of para-hydroxylation sites is 1. The fraction of sp³-hybridized carbons (Fsp3) is 0.136. The summed E-state index contributed by atoms with van der Waals surface area (Å²) in [6, 6.07) is 16.8. The highest BCUT2D eigenvalue weighted by molar-refractivity contribution is 5.94. The van der Waals surface area contributed by atoms with Crippen LogP contribution in [0.1, 0.15) is 27.5 Å². The molecule has 0 bridgehead atoms. The van der Waals surface area contributed by atoms with Crippen LogP contribution in [0.15, 0.2) is 69.8 Å². The van der Waals surface area contributed by atoms with Crippen molar-refractivity contribution in [2.45, 2.75) is 20.0 Å². The van der Waals surface area contributed by atoms with E-state index in [0.29, 0.717) is 29.5 Å². The van der Waals surface area contributed by atoms with Crippen LogP contribution in [-0.2, 0) is 13.1 Å². The summed E-state index contributed by atoms with van der Waals surface area (Å²) in [7, 11) is 0. The molecule has 0 unspecified atom stereocenters. The van der Waals surface area contributed by atoms with Crippen molar-refractivity contribution in [3.8, 4) is 11.6 Å². The fourth-order valence-electron chi connectivity index (χ4n) is 3.31. The molecule has 2 aromatic carbocycles. The molecule has 5 rings (SSSR count). The Labute approximate surface area is 176 Å². The molecule has 3 aromatic heterocycles. The maximum atomic E-state index is 12.2. The number of aryl methyl sites for hydroxylation is 1. The molecular formula is C22H18N6O3. The number of rotatable bonds is 6. The molecule has 31 heavy (non-hydrogen) atoms. The van der Waals surface area contributed by atoms with E-state index in [-0.39, 0.29) is 12.5 Å². The maximum Gasteiger partial charge on any atom is 0.279 e. The highest BCUT2D eigenvalue weighted by Crippen LogP contribution is 2.27. The number of aromatic nitrogens is 5. The standard InChI is InChI=1S/C22H18N6O3/c1-14-16(11-24-30-14)13-28-18-10-6-5-9-17(18)20(26-28)22-25-19(27-31-22)12-23-21(29)15-7-3-2-4-8-15/h2-11H,12-13H2,1H3,(H,23,29). The van der Waals surface area contributed by atoms with Crippen LogP contribution in [0.5, 0.6) is 0 Å². The number of carbonyl (C=O) groups is 1. The molecule has 0 radical (unpaired) electrons. The summed E-state index contributed by atoms with van der Waals surface area (Å²) in [5.41, 5.74) is 3.02. The van der Waals surface area contributed by atoms with Gasteiger partial charge in [-0.05, 0) is 25.1 Å². The van der Waals surface area contributed by atoms with Crippen molar-refractivity contribution in [2.24, 2.45) is 0 Å². The molecule has 0 fully saturated rings. The minimum absolute atomic E-state index is 0.149. The molecule has 0 atom stereocenters. The Hall–Kier alpha value is -4.27. The molecule has 5 aromatic rings. The van der Waals surface area contributed by atoms with Gasteiger partial charge in [0, 0.05) is 16.5 Å². The number of hydrogen-bond acceptors (Lipinski definition) is 7. The number of hydrogen-bond donors (Lipinski definition) is 1. The molecule has 1 N–H and O–H groups in total. The number of nitrogens with one attached hydrogen (secondary N) is 1. The van der Waals surface area contributed by atoms with E-state index >= 15 is 0 Å². The molecule has 9 heteroatoms. The molecule has 0 aliphatic heterocycles. The van der Waals surface area contributed by atoms with Gasteiger partial charge in [0.25, 0.3) is 11.8 Å². The normalized spacial score (nSPS) is 11.1. The van der Waals surface area contributed by atoms with E-state index in [9.17, 15) is 4.79 Å². The largest absolute Gasteiger partial charge is 0.361 e. The van der Waals surface area contributed by atoms with Crippen LogP contribution in [-0.4, -0.2) is 31.0 Å². The molecule has 0 aliphatic rings. The Balaban J connectivity index is 1.39. The Kier molecular flexibility index (Phi) is 4.75. The second-order valence-electron chi connectivity index (χ2n) is 7.00. The average molecular weight is 414 g/mol. The topological polar surface area (TPSA) is 112 Å². The predicted molar refractivity (Wildman–Crippen MR) is 111 cm³/mol. The third-order valence-electron chi connectivity index (χ3n) is 4.94. The van der Waals surface area contributed by atoms with Gasteiger partial charge >= 0.3 is 0 Å². The zero-order valence-corrected chi connectivity index (χ0v) is 16.6. The van der Waals surface area contributed by atoms with Gasteiger partial charge in [-0.15, -0.1) is 0 Å². The number of amides is 1. The Morgan fingerprint density at radius 3 is 2.68 bits per heavy atom. The van der Waals surface area contributed by atoms with Crippen LogP contribution in [0, 0.1) is 6.92 Å². The Bertz CT molecular complexity index is 1350. The summed E-state index contributed by atoms with van der Waals surface area (Å²) >= 11 is 0. The van der Waals surface area contributed by atoms with Gasteiger partial charge in [-0.2, -0.15) is 10.1 Å². The van der Waals surface area contributed by atoms with Crippen molar-refractivity contribution in [3.63, 3.8) is 0 Å². The van der Waals surface area contributed by atoms with Crippen molar-refractivity contribution < 1.29 is 13.8 Å². The van der Waals surface area contributed by atoms with Crippen LogP contribution in [0.3, 0.4) is 0 Å². The van der Waals surface area contributed by atoms with Gasteiger partial charge in [0.15, 0.2) is 11.5 Å². The molecule has 0 spiro atoms. The van der Waals surface area contributed by atoms with Crippen LogP contribution in [0.4, 0.5) is 0 Å². The van der Waals surface area contributed by atoms with Crippen LogP contribution >= 0.6 is 0 Å². The monoisotopic (exact) mass is 414 g/mol. The minimum Gasteiger partial charge on any atom is -0.361 e. The summed E-state index contributed by atoms with van der Waals surface area (Å²) in [4.78, 5) is 16.7. The van der Waals surface area contributed by atoms with E-state index in [1.807, 2.05) is 54.1 Å². The highest BCUT2D eigenvalue weighted by atomic mass is 16.5. The first-order chi connectivity index (χ1) is 15.2. The van der Waals surface area contributed by atoms with Crippen molar-refractivity contribution >= 4 is 16.8 Å². The Morgan fingerprint density at radius 1 is 1.06 bits per heavy atom. The zero-order chi connectivity index (χ0) is 21.2. The number of fused-ring (bicyclic) bond motifs is 1. The van der Waals surface area contributed by atoms with E-state index in [1.165, 1.54) is 0 Å². The summed E-state index contributed by atoms with van der Waals surface area (Å²) in [6.45, 7) is 2.52. The van der Waals surface area contributed by atoms with E-state index in [0.717, 1.165) is 22.2 Å². The first kappa shape index (κ1) is 18.7. The number of benzene rings is 2. The van der Waals surface area contributed by atoms with Crippen LogP contribution < -0.4 is 5.32 Å². The van der Waals surface area contributed by atoms with Gasteiger partial charge in [0.1, 0.15) is 5.76 Å². The summed E-state index contributed by atoms with van der Waals surface area (Å²) in [6.07, 6.45) is 1.69. The second-order valence-corrected chi connectivity index (χ2v) is 7.00. The molecule has 0 saturated carbocycles. The van der Waals surface area contributed by atoms with Gasteiger partial charge in [-0.1, -0.05) is 46.7 Å². The smallest absolute Gasteiger partial charge is 0.279 e. The van der Waals surface area contributed by atoms with Crippen LogP contribution in [0.2, 0.25) is 0 Å². The molecular weight excluding hydrogens is 396 g/mol. The fourth-order valence-corrected chi connectivity index (χ4v) is 3.31. The van der Waals surface area contributed by atoms with Gasteiger partial charge in [0.05, 0.1) is 24.8 Å². The third kappa shape index (κ3) is 3.68. The highest BCUT2D eigenvalue weighted by Gasteiger charge is 2.19. The third-order valence-corrected chi connectivity index (χ3v) is 4.94. The summed E-state index contributed by atoms with van der Waals surface area (Å²) in [5, 5.41) is 16.2. The van der Waals surface area contributed by atoms with Crippen molar-refractivity contribution in [3.05, 3.63) is 83.5 Å². The predicted octanol–water partition coefficient (Wildman–Crippen LogP) is 3.36. The molecule has 0 saturated heterocycles.